The van der Waals surface area contributed by atoms with Gasteiger partial charge in [-0.1, -0.05) is 26.2 Å². The zero-order valence-corrected chi connectivity index (χ0v) is 24.7. The molecule has 2 aliphatic rings. The smallest absolute Gasteiger partial charge is 0.222 e. The van der Waals surface area contributed by atoms with Crippen molar-refractivity contribution in [1.82, 2.24) is 4.90 Å². The summed E-state index contributed by atoms with van der Waals surface area (Å²) >= 11 is 0. The Labute approximate surface area is 247 Å². The van der Waals surface area contributed by atoms with Gasteiger partial charge in [-0.3, -0.25) is 9.59 Å². The minimum absolute atomic E-state index is 0.0119. The van der Waals surface area contributed by atoms with E-state index in [9.17, 15) is 45.3 Å². The number of hydrogen-bond donors (Lipinski definition) is 7. The number of ketones is 1. The molecule has 0 aromatic rings. The van der Waals surface area contributed by atoms with E-state index in [1.165, 1.54) is 0 Å². The van der Waals surface area contributed by atoms with Crippen LogP contribution < -0.4 is 0 Å². The molecule has 0 radical (unpaired) electrons. The summed E-state index contributed by atoms with van der Waals surface area (Å²) in [5, 5.41) is 69.4. The lowest BCUT2D eigenvalue weighted by atomic mass is 9.99. The predicted molar refractivity (Wildman–Crippen MR) is 147 cm³/mol. The van der Waals surface area contributed by atoms with E-state index in [1.807, 2.05) is 6.92 Å². The van der Waals surface area contributed by atoms with Gasteiger partial charge in [0.15, 0.2) is 12.6 Å². The molecule has 14 heteroatoms. The van der Waals surface area contributed by atoms with Gasteiger partial charge in [0.2, 0.25) is 5.91 Å². The van der Waals surface area contributed by atoms with Crippen LogP contribution in [-0.4, -0.2) is 147 Å². The topological polar surface area (TPSA) is 216 Å². The number of Topliss-reactive ketones (excluding diaryl/α,β-unsaturated/α-hetero) is 1. The Morgan fingerprint density at radius 1 is 0.690 bits per heavy atom. The van der Waals surface area contributed by atoms with E-state index in [-0.39, 0.29) is 38.0 Å². The maximum atomic E-state index is 13.0. The van der Waals surface area contributed by atoms with Crippen molar-refractivity contribution in [1.29, 1.82) is 0 Å². The van der Waals surface area contributed by atoms with E-state index in [2.05, 4.69) is 0 Å². The summed E-state index contributed by atoms with van der Waals surface area (Å²) < 4.78 is 21.9. The highest BCUT2D eigenvalue weighted by atomic mass is 16.7. The quantitative estimate of drug-likeness (QED) is 0.0838. The second-order valence-corrected chi connectivity index (χ2v) is 11.0. The molecule has 10 atom stereocenters. The van der Waals surface area contributed by atoms with Crippen LogP contribution in [0.4, 0.5) is 0 Å². The van der Waals surface area contributed by atoms with E-state index in [0.717, 1.165) is 25.7 Å². The van der Waals surface area contributed by atoms with E-state index in [0.29, 0.717) is 32.1 Å². The zero-order chi connectivity index (χ0) is 31.2. The molecule has 0 saturated carbocycles. The van der Waals surface area contributed by atoms with Crippen molar-refractivity contribution in [2.24, 2.45) is 0 Å². The first-order chi connectivity index (χ1) is 20.0. The lowest BCUT2D eigenvalue weighted by molar-refractivity contribution is -0.301. The highest BCUT2D eigenvalue weighted by molar-refractivity contribution is 5.77. The van der Waals surface area contributed by atoms with Gasteiger partial charge in [-0.05, 0) is 26.2 Å². The van der Waals surface area contributed by atoms with Crippen LogP contribution in [-0.2, 0) is 28.5 Å². The number of rotatable bonds is 19. The number of nitrogens with zero attached hydrogens (tertiary/aromatic N) is 1. The van der Waals surface area contributed by atoms with E-state index < -0.39 is 68.0 Å². The molecular weight excluding hydrogens is 558 g/mol. The average Bonchev–Trinajstić information content (AvgIpc) is 2.98. The molecule has 0 bridgehead atoms. The molecule has 0 aliphatic carbocycles. The maximum Gasteiger partial charge on any atom is 0.222 e. The number of ether oxygens (including phenoxy) is 4. The number of unbranched alkanes of at least 4 members (excludes halogenated alkanes) is 4. The Kier molecular flexibility index (Phi) is 16.8. The lowest BCUT2D eigenvalue weighted by Crippen LogP contribution is -2.59. The highest BCUT2D eigenvalue weighted by Crippen LogP contribution is 2.23. The molecule has 246 valence electrons. The Hall–Kier alpha value is -1.30. The molecule has 7 N–H and O–H groups in total. The van der Waals surface area contributed by atoms with Crippen molar-refractivity contribution in [3.8, 4) is 0 Å². The average molecular weight is 610 g/mol. The van der Waals surface area contributed by atoms with Crippen molar-refractivity contribution in [3.05, 3.63) is 0 Å². The third kappa shape index (κ3) is 11.3. The summed E-state index contributed by atoms with van der Waals surface area (Å²) in [6.07, 6.45) is -7.03. The van der Waals surface area contributed by atoms with Gasteiger partial charge >= 0.3 is 0 Å². The first kappa shape index (κ1) is 36.9. The number of aliphatic hydroxyl groups excluding tert-OH is 7. The van der Waals surface area contributed by atoms with Crippen LogP contribution in [0.25, 0.3) is 0 Å². The van der Waals surface area contributed by atoms with Gasteiger partial charge in [0.1, 0.15) is 48.5 Å². The lowest BCUT2D eigenvalue weighted by Gasteiger charge is -2.39. The Morgan fingerprint density at radius 2 is 1.26 bits per heavy atom. The highest BCUT2D eigenvalue weighted by Gasteiger charge is 2.44. The number of carbonyl (C=O) groups excluding carboxylic acids is 2. The Balaban J connectivity index is 1.84. The molecule has 0 unspecified atom stereocenters. The minimum atomic E-state index is -1.55. The summed E-state index contributed by atoms with van der Waals surface area (Å²) in [7, 11) is 0. The van der Waals surface area contributed by atoms with Gasteiger partial charge in [0, 0.05) is 32.4 Å². The Morgan fingerprint density at radius 3 is 1.90 bits per heavy atom. The number of amides is 1. The fourth-order valence-corrected chi connectivity index (χ4v) is 4.91. The predicted octanol–water partition coefficient (Wildman–Crippen LogP) is -1.42. The molecule has 2 rings (SSSR count). The van der Waals surface area contributed by atoms with Crippen LogP contribution in [0.5, 0.6) is 0 Å². The fraction of sp³-hybridized carbons (Fsp3) is 0.929. The number of hydrogen-bond acceptors (Lipinski definition) is 13. The zero-order valence-electron chi connectivity index (χ0n) is 24.7. The van der Waals surface area contributed by atoms with Gasteiger partial charge in [-0.15, -0.1) is 0 Å². The van der Waals surface area contributed by atoms with Crippen molar-refractivity contribution in [2.75, 3.05) is 32.9 Å². The monoisotopic (exact) mass is 609 g/mol. The summed E-state index contributed by atoms with van der Waals surface area (Å²) in [6, 6.07) is 0. The van der Waals surface area contributed by atoms with Gasteiger partial charge in [-0.2, -0.15) is 0 Å². The fourth-order valence-electron chi connectivity index (χ4n) is 4.91. The van der Waals surface area contributed by atoms with Crippen LogP contribution in [0, 0.1) is 0 Å². The summed E-state index contributed by atoms with van der Waals surface area (Å²) in [5.41, 5.74) is 0. The first-order valence-electron chi connectivity index (χ1n) is 15.0. The molecule has 2 aliphatic heterocycles. The molecule has 2 heterocycles. The van der Waals surface area contributed by atoms with Crippen LogP contribution in [0.15, 0.2) is 0 Å². The molecule has 1 amide bonds. The van der Waals surface area contributed by atoms with Crippen LogP contribution in [0.2, 0.25) is 0 Å². The van der Waals surface area contributed by atoms with E-state index in [4.69, 9.17) is 18.9 Å². The third-order valence-electron chi connectivity index (χ3n) is 7.75. The third-order valence-corrected chi connectivity index (χ3v) is 7.75. The first-order valence-corrected chi connectivity index (χ1v) is 15.0. The minimum Gasteiger partial charge on any atom is -0.394 e. The molecule has 2 saturated heterocycles. The largest absolute Gasteiger partial charge is 0.394 e. The maximum absolute atomic E-state index is 13.0. The van der Waals surface area contributed by atoms with Crippen molar-refractivity contribution in [2.45, 2.75) is 133 Å². The normalized spacial score (nSPS) is 33.5. The van der Waals surface area contributed by atoms with Gasteiger partial charge in [0.05, 0.1) is 25.9 Å². The van der Waals surface area contributed by atoms with Crippen LogP contribution in [0.1, 0.15) is 71.6 Å². The van der Waals surface area contributed by atoms with Crippen molar-refractivity contribution >= 4 is 11.7 Å². The van der Waals surface area contributed by atoms with E-state index in [1.54, 1.807) is 11.8 Å². The van der Waals surface area contributed by atoms with Gasteiger partial charge in [0.25, 0.3) is 0 Å². The SMILES string of the molecule is CCC(=O)CCCCCCCC(=O)N(CCCO[C@H]1O[C@H](CO)[C@@H](O)[C@H](O)[C@@H]1O)CCO[C@@H]1O[C@@H](C)[C@@H](O)[C@@H](O)[C@@H]1O. The molecular formula is C28H51NO13. The Bertz CT molecular complexity index is 787. The van der Waals surface area contributed by atoms with Crippen LogP contribution in [0.3, 0.4) is 0 Å². The molecule has 42 heavy (non-hydrogen) atoms. The second kappa shape index (κ2) is 19.2. The van der Waals surface area contributed by atoms with Gasteiger partial charge in [-0.25, -0.2) is 0 Å². The summed E-state index contributed by atoms with van der Waals surface area (Å²) in [4.78, 5) is 26.0. The van der Waals surface area contributed by atoms with Gasteiger partial charge < -0.3 is 59.6 Å². The summed E-state index contributed by atoms with van der Waals surface area (Å²) in [5.74, 6) is 0.131. The second-order valence-electron chi connectivity index (χ2n) is 11.0. The van der Waals surface area contributed by atoms with Crippen molar-refractivity contribution in [3.63, 3.8) is 0 Å². The number of aliphatic hydroxyl groups is 7. The molecule has 14 nitrogen and oxygen atoms in total. The number of carbonyl (C=O) groups is 2. The molecule has 2 fully saturated rings. The molecule has 0 aromatic carbocycles. The van der Waals surface area contributed by atoms with Crippen molar-refractivity contribution < 1.29 is 64.3 Å². The van der Waals surface area contributed by atoms with Crippen LogP contribution >= 0.6 is 0 Å². The van der Waals surface area contributed by atoms with E-state index >= 15 is 0 Å². The standard InChI is InChI=1S/C28H51NO13/c1-3-18(31)10-7-5-4-6-8-11-20(32)29(13-15-40-27-25(37)23(35)21(33)17(2)41-27)12-9-14-39-28-26(38)24(36)22(34)19(16-30)42-28/h17,19,21-28,30,33-38H,3-16H2,1-2H3/t17-,19+,21+,22+,23+,24-,25-,26-,27+,28-/m0/s1. The molecule has 0 spiro atoms. The summed E-state index contributed by atoms with van der Waals surface area (Å²) in [6.45, 7) is 3.26. The molecule has 0 aromatic heterocycles.